The van der Waals surface area contributed by atoms with Crippen LogP contribution in [-0.4, -0.2) is 25.2 Å². The monoisotopic (exact) mass is 575 g/mol. The molecule has 0 atom stereocenters. The van der Waals surface area contributed by atoms with Crippen LogP contribution in [0.4, 0.5) is 0 Å². The van der Waals surface area contributed by atoms with Crippen molar-refractivity contribution >= 4 is 17.5 Å². The Morgan fingerprint density at radius 1 is 0.930 bits per heavy atom. The number of benzene rings is 2. The van der Waals surface area contributed by atoms with E-state index in [2.05, 4.69) is 39.8 Å². The second-order valence-electron chi connectivity index (χ2n) is 11.3. The molecule has 0 amide bonds. The Balaban J connectivity index is 1.54. The minimum atomic E-state index is -0.883. The molecular formula is C38H41NO4. The Morgan fingerprint density at radius 2 is 1.56 bits per heavy atom. The van der Waals surface area contributed by atoms with Crippen LogP contribution < -0.4 is 0 Å². The van der Waals surface area contributed by atoms with Gasteiger partial charge in [-0.15, -0.1) is 0 Å². The first-order valence-electron chi connectivity index (χ1n) is 14.6. The Labute approximate surface area is 256 Å². The number of allylic oxidation sites excluding steroid dienone is 9. The lowest BCUT2D eigenvalue weighted by Crippen LogP contribution is -2.19. The van der Waals surface area contributed by atoms with E-state index in [1.807, 2.05) is 91.9 Å². The zero-order valence-corrected chi connectivity index (χ0v) is 25.9. The maximum absolute atomic E-state index is 12.9. The van der Waals surface area contributed by atoms with E-state index in [-0.39, 0.29) is 17.6 Å². The third-order valence-electron chi connectivity index (χ3n) is 7.44. The van der Waals surface area contributed by atoms with Gasteiger partial charge in [0.2, 0.25) is 0 Å². The summed E-state index contributed by atoms with van der Waals surface area (Å²) in [5, 5.41) is 9.83. The van der Waals surface area contributed by atoms with Crippen LogP contribution in [0.3, 0.4) is 0 Å². The van der Waals surface area contributed by atoms with Crippen LogP contribution >= 0.6 is 0 Å². The minimum absolute atomic E-state index is 0.0396. The standard InChI is InChI=1S/C38H41NO4/c1-28(21-22-34-30(3)16-13-24-38(34,4)5)14-12-15-29(2)23-25-42-35(40)27-43-37(41)33(26-39)36(31-17-8-6-9-18-31)32-19-10-7-11-20-32/h6-12,14-15,17-23H,13,16,24-25,27H2,1-5H3. The van der Waals surface area contributed by atoms with Crippen LogP contribution in [-0.2, 0) is 19.1 Å². The molecule has 0 unspecified atom stereocenters. The van der Waals surface area contributed by atoms with E-state index >= 15 is 0 Å². The van der Waals surface area contributed by atoms with Gasteiger partial charge in [0.25, 0.3) is 0 Å². The fourth-order valence-electron chi connectivity index (χ4n) is 5.07. The molecule has 5 heteroatoms. The third-order valence-corrected chi connectivity index (χ3v) is 7.44. The molecule has 0 aromatic heterocycles. The highest BCUT2D eigenvalue weighted by Gasteiger charge is 2.26. The molecule has 3 rings (SSSR count). The van der Waals surface area contributed by atoms with Gasteiger partial charge in [-0.2, -0.15) is 5.26 Å². The number of ether oxygens (including phenoxy) is 2. The highest BCUT2D eigenvalue weighted by atomic mass is 16.6. The minimum Gasteiger partial charge on any atom is -0.459 e. The van der Waals surface area contributed by atoms with Gasteiger partial charge in [-0.3, -0.25) is 0 Å². The van der Waals surface area contributed by atoms with Crippen LogP contribution in [0.25, 0.3) is 5.57 Å². The van der Waals surface area contributed by atoms with Gasteiger partial charge >= 0.3 is 11.9 Å². The molecule has 0 aliphatic heterocycles. The molecule has 2 aromatic rings. The first kappa shape index (κ1) is 32.8. The van der Waals surface area contributed by atoms with Gasteiger partial charge in [-0.1, -0.05) is 122 Å². The van der Waals surface area contributed by atoms with Crippen molar-refractivity contribution < 1.29 is 19.1 Å². The van der Waals surface area contributed by atoms with Crippen molar-refractivity contribution in [3.63, 3.8) is 0 Å². The van der Waals surface area contributed by atoms with E-state index in [1.165, 1.54) is 30.4 Å². The number of nitriles is 1. The summed E-state index contributed by atoms with van der Waals surface area (Å²) in [6.45, 7) is 10.3. The molecule has 5 nitrogen and oxygen atoms in total. The van der Waals surface area contributed by atoms with Crippen LogP contribution in [0.1, 0.15) is 65.0 Å². The molecule has 222 valence electrons. The molecule has 0 bridgehead atoms. The molecule has 0 saturated heterocycles. The van der Waals surface area contributed by atoms with Gasteiger partial charge in [-0.25, -0.2) is 9.59 Å². The lowest BCUT2D eigenvalue weighted by atomic mass is 9.72. The Bertz CT molecular complexity index is 1470. The maximum Gasteiger partial charge on any atom is 0.350 e. The van der Waals surface area contributed by atoms with E-state index in [0.717, 1.165) is 11.1 Å². The second kappa shape index (κ2) is 16.1. The highest BCUT2D eigenvalue weighted by Crippen LogP contribution is 2.40. The molecule has 1 aliphatic carbocycles. The van der Waals surface area contributed by atoms with Crippen molar-refractivity contribution in [2.24, 2.45) is 5.41 Å². The molecule has 1 aliphatic rings. The summed E-state index contributed by atoms with van der Waals surface area (Å²) in [5.74, 6) is -1.58. The van der Waals surface area contributed by atoms with Crippen LogP contribution in [0.5, 0.6) is 0 Å². The quantitative estimate of drug-likeness (QED) is 0.116. The van der Waals surface area contributed by atoms with Crippen molar-refractivity contribution in [2.45, 2.75) is 53.9 Å². The van der Waals surface area contributed by atoms with E-state index in [9.17, 15) is 14.9 Å². The Morgan fingerprint density at radius 3 is 2.14 bits per heavy atom. The predicted octanol–water partition coefficient (Wildman–Crippen LogP) is 8.63. The molecular weight excluding hydrogens is 534 g/mol. The first-order chi connectivity index (χ1) is 20.6. The molecule has 0 radical (unpaired) electrons. The zero-order valence-electron chi connectivity index (χ0n) is 25.9. The van der Waals surface area contributed by atoms with Gasteiger partial charge in [0.05, 0.1) is 0 Å². The number of hydrogen-bond acceptors (Lipinski definition) is 5. The van der Waals surface area contributed by atoms with Crippen molar-refractivity contribution in [1.29, 1.82) is 5.26 Å². The molecule has 0 N–H and O–H groups in total. The topological polar surface area (TPSA) is 76.4 Å². The molecule has 2 aromatic carbocycles. The molecule has 0 fully saturated rings. The highest BCUT2D eigenvalue weighted by molar-refractivity contribution is 6.05. The summed E-state index contributed by atoms with van der Waals surface area (Å²) in [6.07, 6.45) is 15.8. The Kier molecular flexibility index (Phi) is 12.3. The normalized spacial score (nSPS) is 15.3. The van der Waals surface area contributed by atoms with Gasteiger partial charge in [0.15, 0.2) is 6.61 Å². The van der Waals surface area contributed by atoms with Gasteiger partial charge < -0.3 is 9.47 Å². The molecule has 0 saturated carbocycles. The van der Waals surface area contributed by atoms with E-state index in [1.54, 1.807) is 6.08 Å². The van der Waals surface area contributed by atoms with E-state index in [0.29, 0.717) is 16.7 Å². The fraction of sp³-hybridized carbons (Fsp3) is 0.289. The van der Waals surface area contributed by atoms with E-state index < -0.39 is 18.5 Å². The number of nitrogens with zero attached hydrogens (tertiary/aromatic N) is 1. The summed E-state index contributed by atoms with van der Waals surface area (Å²) in [4.78, 5) is 25.1. The predicted molar refractivity (Wildman–Crippen MR) is 173 cm³/mol. The second-order valence-corrected chi connectivity index (χ2v) is 11.3. The van der Waals surface area contributed by atoms with E-state index in [4.69, 9.17) is 9.47 Å². The molecule has 0 heterocycles. The van der Waals surface area contributed by atoms with Crippen LogP contribution in [0.2, 0.25) is 0 Å². The lowest BCUT2D eigenvalue weighted by Gasteiger charge is -2.32. The summed E-state index contributed by atoms with van der Waals surface area (Å²) >= 11 is 0. The zero-order chi connectivity index (χ0) is 31.2. The number of carbonyl (C=O) groups excluding carboxylic acids is 2. The first-order valence-corrected chi connectivity index (χ1v) is 14.6. The van der Waals surface area contributed by atoms with Crippen molar-refractivity contribution in [2.75, 3.05) is 13.2 Å². The number of rotatable bonds is 11. The summed E-state index contributed by atoms with van der Waals surface area (Å²) < 4.78 is 10.4. The van der Waals surface area contributed by atoms with Gasteiger partial charge in [-0.05, 0) is 68.2 Å². The average Bonchev–Trinajstić information content (AvgIpc) is 2.99. The van der Waals surface area contributed by atoms with Crippen molar-refractivity contribution in [1.82, 2.24) is 0 Å². The average molecular weight is 576 g/mol. The summed E-state index contributed by atoms with van der Waals surface area (Å²) in [6, 6.07) is 20.2. The largest absolute Gasteiger partial charge is 0.459 e. The fourth-order valence-corrected chi connectivity index (χ4v) is 5.07. The van der Waals surface area contributed by atoms with Crippen molar-refractivity contribution in [3.8, 4) is 6.07 Å². The SMILES string of the molecule is CC(C=CC1=C(C)CCCC1(C)C)=CC=CC(C)=CCOC(=O)COC(=O)C(C#N)=C(c1ccccc1)c1ccccc1. The number of esters is 2. The van der Waals surface area contributed by atoms with Gasteiger partial charge in [0.1, 0.15) is 18.2 Å². The third kappa shape index (κ3) is 9.97. The van der Waals surface area contributed by atoms with Crippen molar-refractivity contribution in [3.05, 3.63) is 136 Å². The summed E-state index contributed by atoms with van der Waals surface area (Å²) in [5.41, 5.74) is 6.85. The van der Waals surface area contributed by atoms with Crippen LogP contribution in [0, 0.1) is 16.7 Å². The smallest absolute Gasteiger partial charge is 0.350 e. The number of carbonyl (C=O) groups is 2. The number of hydrogen-bond donors (Lipinski definition) is 0. The van der Waals surface area contributed by atoms with Gasteiger partial charge in [0, 0.05) is 5.57 Å². The lowest BCUT2D eigenvalue weighted by molar-refractivity contribution is -0.155. The molecule has 43 heavy (non-hydrogen) atoms. The maximum atomic E-state index is 12.9. The van der Waals surface area contributed by atoms with Crippen LogP contribution in [0.15, 0.2) is 125 Å². The Hall–Kier alpha value is -4.69. The molecule has 0 spiro atoms. The summed E-state index contributed by atoms with van der Waals surface area (Å²) in [7, 11) is 0.